The predicted molar refractivity (Wildman–Crippen MR) is 93.8 cm³/mol. The summed E-state index contributed by atoms with van der Waals surface area (Å²) in [5.74, 6) is 0.755. The maximum atomic E-state index is 6.32. The molecule has 1 aliphatic heterocycles. The summed E-state index contributed by atoms with van der Waals surface area (Å²) in [5, 5.41) is 0.203. The average molecular weight is 311 g/mol. The number of ether oxygens (including phenoxy) is 1. The first-order valence-electron chi connectivity index (χ1n) is 8.50. The van der Waals surface area contributed by atoms with Crippen LogP contribution in [0.4, 0.5) is 0 Å². The van der Waals surface area contributed by atoms with E-state index >= 15 is 0 Å². The Morgan fingerprint density at radius 1 is 0.952 bits per heavy atom. The molecule has 0 saturated carbocycles. The molecule has 1 rings (SSSR count). The second-order valence-corrected chi connectivity index (χ2v) is 12.2. The molecule has 0 aliphatic carbocycles. The van der Waals surface area contributed by atoms with Gasteiger partial charge >= 0.3 is 0 Å². The molecular weight excluding hydrogens is 276 g/mol. The largest absolute Gasteiger partial charge is 0.519 e. The minimum absolute atomic E-state index is 0.203. The lowest BCUT2D eigenvalue weighted by Gasteiger charge is -2.36. The summed E-state index contributed by atoms with van der Waals surface area (Å²) < 4.78 is 12.2. The Labute approximate surface area is 132 Å². The normalized spacial score (nSPS) is 23.6. The summed E-state index contributed by atoms with van der Waals surface area (Å²) >= 11 is 0. The van der Waals surface area contributed by atoms with Crippen LogP contribution in [0.1, 0.15) is 65.7 Å². The van der Waals surface area contributed by atoms with Gasteiger partial charge in [-0.05, 0) is 49.9 Å². The van der Waals surface area contributed by atoms with Gasteiger partial charge in [-0.1, -0.05) is 52.2 Å². The van der Waals surface area contributed by atoms with Crippen molar-refractivity contribution in [1.29, 1.82) is 0 Å². The lowest BCUT2D eigenvalue weighted by atomic mass is 10.1. The van der Waals surface area contributed by atoms with Gasteiger partial charge in [0.15, 0.2) is 0 Å². The molecular formula is C18H34O2Si. The fourth-order valence-corrected chi connectivity index (χ4v) is 2.96. The topological polar surface area (TPSA) is 18.5 Å². The van der Waals surface area contributed by atoms with Gasteiger partial charge < -0.3 is 9.16 Å². The minimum atomic E-state index is -1.81. The van der Waals surface area contributed by atoms with Crippen LogP contribution in [-0.2, 0) is 9.16 Å². The van der Waals surface area contributed by atoms with Crippen molar-refractivity contribution in [3.05, 3.63) is 24.2 Å². The van der Waals surface area contributed by atoms with Crippen molar-refractivity contribution in [2.24, 2.45) is 0 Å². The Kier molecular flexibility index (Phi) is 7.57. The van der Waals surface area contributed by atoms with Gasteiger partial charge in [0.1, 0.15) is 6.61 Å². The van der Waals surface area contributed by atoms with E-state index in [0.29, 0.717) is 6.61 Å². The average Bonchev–Trinajstić information content (AvgIpc) is 2.39. The molecule has 1 heterocycles. The number of hydrogen-bond acceptors (Lipinski definition) is 2. The van der Waals surface area contributed by atoms with Gasteiger partial charge in [0, 0.05) is 0 Å². The van der Waals surface area contributed by atoms with Crippen molar-refractivity contribution in [1.82, 2.24) is 0 Å². The van der Waals surface area contributed by atoms with Crippen molar-refractivity contribution < 1.29 is 9.16 Å². The molecule has 0 aromatic rings. The summed E-state index contributed by atoms with van der Waals surface area (Å²) in [4.78, 5) is 0. The Morgan fingerprint density at radius 2 is 1.57 bits per heavy atom. The standard InChI is InChI=1S/C18H34O2Si/c1-18(2,3)21(4,5)20-17-15-13-11-9-7-6-8-10-12-14-16-19-17/h12,14-15H,6-11,13,16H2,1-5H3/b14-12+,17-15+. The van der Waals surface area contributed by atoms with E-state index in [1.807, 2.05) is 0 Å². The van der Waals surface area contributed by atoms with Gasteiger partial charge in [0.25, 0.3) is 14.3 Å². The van der Waals surface area contributed by atoms with Gasteiger partial charge in [-0.15, -0.1) is 0 Å². The highest BCUT2D eigenvalue weighted by Crippen LogP contribution is 2.38. The van der Waals surface area contributed by atoms with E-state index in [1.54, 1.807) is 0 Å². The van der Waals surface area contributed by atoms with E-state index in [2.05, 4.69) is 52.1 Å². The molecule has 21 heavy (non-hydrogen) atoms. The van der Waals surface area contributed by atoms with Gasteiger partial charge in [0.05, 0.1) is 0 Å². The molecule has 0 spiro atoms. The molecule has 0 aromatic carbocycles. The van der Waals surface area contributed by atoms with Crippen LogP contribution in [0.5, 0.6) is 0 Å². The zero-order valence-corrected chi connectivity index (χ0v) is 15.7. The van der Waals surface area contributed by atoms with E-state index in [-0.39, 0.29) is 5.04 Å². The maximum absolute atomic E-state index is 6.32. The highest BCUT2D eigenvalue weighted by Gasteiger charge is 2.39. The molecule has 0 unspecified atom stereocenters. The zero-order valence-electron chi connectivity index (χ0n) is 14.7. The first-order valence-corrected chi connectivity index (χ1v) is 11.4. The molecule has 122 valence electrons. The monoisotopic (exact) mass is 310 g/mol. The van der Waals surface area contributed by atoms with Crippen LogP contribution in [0.15, 0.2) is 24.2 Å². The molecule has 3 heteroatoms. The van der Waals surface area contributed by atoms with Gasteiger partial charge in [-0.3, -0.25) is 0 Å². The second-order valence-electron chi connectivity index (χ2n) is 7.51. The fraction of sp³-hybridized carbons (Fsp3) is 0.778. The zero-order chi connectivity index (χ0) is 15.8. The van der Waals surface area contributed by atoms with Crippen LogP contribution in [0, 0.1) is 0 Å². The van der Waals surface area contributed by atoms with Crippen LogP contribution >= 0.6 is 0 Å². The molecule has 0 amide bonds. The summed E-state index contributed by atoms with van der Waals surface area (Å²) in [7, 11) is -1.81. The number of rotatable bonds is 2. The van der Waals surface area contributed by atoms with E-state index in [1.165, 1.54) is 38.5 Å². The third-order valence-electron chi connectivity index (χ3n) is 4.54. The summed E-state index contributed by atoms with van der Waals surface area (Å²) in [5.41, 5.74) is 0. The Bertz CT molecular complexity index is 351. The molecule has 0 radical (unpaired) electrons. The third kappa shape index (κ3) is 7.21. The van der Waals surface area contributed by atoms with Gasteiger partial charge in [-0.25, -0.2) is 0 Å². The van der Waals surface area contributed by atoms with Crippen LogP contribution < -0.4 is 0 Å². The molecule has 0 aromatic heterocycles. The van der Waals surface area contributed by atoms with Crippen LogP contribution in [0.3, 0.4) is 0 Å². The second kappa shape index (κ2) is 8.67. The van der Waals surface area contributed by atoms with Crippen molar-refractivity contribution in [3.8, 4) is 0 Å². The SMILES string of the molecule is CC(C)(C)[Si](C)(C)O/C1=C/CCCCCCC/C=C/CO1. The molecule has 0 bridgehead atoms. The maximum Gasteiger partial charge on any atom is 0.261 e. The number of allylic oxidation sites excluding steroid dienone is 2. The van der Waals surface area contributed by atoms with E-state index in [4.69, 9.17) is 9.16 Å². The Hall–Kier alpha value is -0.703. The van der Waals surface area contributed by atoms with Crippen LogP contribution in [0.2, 0.25) is 18.1 Å². The van der Waals surface area contributed by atoms with Crippen molar-refractivity contribution in [2.75, 3.05) is 6.61 Å². The van der Waals surface area contributed by atoms with Gasteiger partial charge in [-0.2, -0.15) is 0 Å². The van der Waals surface area contributed by atoms with Crippen molar-refractivity contribution >= 4 is 8.32 Å². The van der Waals surface area contributed by atoms with Crippen molar-refractivity contribution in [2.45, 2.75) is 83.8 Å². The molecule has 0 saturated heterocycles. The lowest BCUT2D eigenvalue weighted by molar-refractivity contribution is 0.115. The first kappa shape index (κ1) is 18.3. The fourth-order valence-electron chi connectivity index (χ4n) is 2.01. The van der Waals surface area contributed by atoms with Crippen molar-refractivity contribution in [3.63, 3.8) is 0 Å². The first-order chi connectivity index (χ1) is 9.83. The third-order valence-corrected chi connectivity index (χ3v) is 8.86. The molecule has 2 nitrogen and oxygen atoms in total. The van der Waals surface area contributed by atoms with E-state index in [0.717, 1.165) is 12.4 Å². The minimum Gasteiger partial charge on any atom is -0.519 e. The van der Waals surface area contributed by atoms with Crippen LogP contribution in [-0.4, -0.2) is 14.9 Å². The summed E-state index contributed by atoms with van der Waals surface area (Å²) in [6.45, 7) is 12.0. The van der Waals surface area contributed by atoms with Crippen LogP contribution in [0.25, 0.3) is 0 Å². The Morgan fingerprint density at radius 3 is 2.24 bits per heavy atom. The van der Waals surface area contributed by atoms with E-state index in [9.17, 15) is 0 Å². The predicted octanol–water partition coefficient (Wildman–Crippen LogP) is 6.17. The Balaban J connectivity index is 2.67. The number of hydrogen-bond donors (Lipinski definition) is 0. The highest BCUT2D eigenvalue weighted by molar-refractivity contribution is 6.74. The molecule has 0 N–H and O–H groups in total. The molecule has 0 atom stereocenters. The molecule has 0 fully saturated rings. The highest BCUT2D eigenvalue weighted by atomic mass is 28.4. The smallest absolute Gasteiger partial charge is 0.261 e. The van der Waals surface area contributed by atoms with E-state index < -0.39 is 8.32 Å². The molecule has 1 aliphatic rings. The lowest BCUT2D eigenvalue weighted by Crippen LogP contribution is -2.40. The van der Waals surface area contributed by atoms with Gasteiger partial charge in [0.2, 0.25) is 0 Å². The summed E-state index contributed by atoms with van der Waals surface area (Å²) in [6.07, 6.45) is 15.3. The summed E-state index contributed by atoms with van der Waals surface area (Å²) in [6, 6.07) is 0. The quantitative estimate of drug-likeness (QED) is 0.449.